The summed E-state index contributed by atoms with van der Waals surface area (Å²) in [5.74, 6) is -0.774. The van der Waals surface area contributed by atoms with E-state index in [0.717, 1.165) is 7.11 Å². The van der Waals surface area contributed by atoms with Gasteiger partial charge in [-0.05, 0) is 35.0 Å². The first kappa shape index (κ1) is 16.7. The van der Waals surface area contributed by atoms with Gasteiger partial charge in [0.1, 0.15) is 0 Å². The summed E-state index contributed by atoms with van der Waals surface area (Å²) < 4.78 is 42.0. The van der Waals surface area contributed by atoms with Crippen LogP contribution in [0.5, 0.6) is 0 Å². The number of carbonyl (C=O) groups excluding carboxylic acids is 1. The van der Waals surface area contributed by atoms with E-state index in [1.165, 1.54) is 12.1 Å². The molecule has 8 heteroatoms. The first-order chi connectivity index (χ1) is 9.30. The number of carbonyl (C=O) groups is 1. The number of hydrogen-bond donors (Lipinski definition) is 0. The molecule has 0 aliphatic carbocycles. The Bertz CT molecular complexity index is 555. The molecular formula is C12H9ClF3NO2S. The van der Waals surface area contributed by atoms with Crippen molar-refractivity contribution < 1.29 is 22.7 Å². The average molecular weight is 324 g/mol. The third-order valence-corrected chi connectivity index (χ3v) is 3.46. The van der Waals surface area contributed by atoms with E-state index in [1.807, 2.05) is 6.07 Å². The Morgan fingerprint density at radius 2 is 2.10 bits per heavy atom. The molecule has 0 aliphatic heterocycles. The third kappa shape index (κ3) is 4.62. The summed E-state index contributed by atoms with van der Waals surface area (Å²) in [4.78, 5) is 11.1. The quantitative estimate of drug-likeness (QED) is 0.482. The molecule has 0 unspecified atom stereocenters. The van der Waals surface area contributed by atoms with Crippen molar-refractivity contribution in [1.82, 2.24) is 0 Å². The van der Waals surface area contributed by atoms with Crippen molar-refractivity contribution >= 4 is 29.3 Å². The van der Waals surface area contributed by atoms with E-state index in [9.17, 15) is 18.0 Å². The molecule has 20 heavy (non-hydrogen) atoms. The highest BCUT2D eigenvalue weighted by Crippen LogP contribution is 2.40. The van der Waals surface area contributed by atoms with E-state index in [0.29, 0.717) is 0 Å². The molecule has 108 valence electrons. The second-order valence-electron chi connectivity index (χ2n) is 3.66. The van der Waals surface area contributed by atoms with Crippen molar-refractivity contribution in [1.29, 1.82) is 5.26 Å². The first-order valence-corrected chi connectivity index (χ1v) is 6.60. The van der Waals surface area contributed by atoms with Crippen molar-refractivity contribution in [3.8, 4) is 6.07 Å². The highest BCUT2D eigenvalue weighted by Gasteiger charge is 2.31. The average Bonchev–Trinajstić information content (AvgIpc) is 2.38. The summed E-state index contributed by atoms with van der Waals surface area (Å²) in [6, 6.07) is 4.26. The van der Waals surface area contributed by atoms with Gasteiger partial charge in [-0.1, -0.05) is 0 Å². The number of nitriles is 1. The van der Waals surface area contributed by atoms with Gasteiger partial charge < -0.3 is 4.74 Å². The number of ether oxygens (including phenoxy) is 1. The molecule has 0 aliphatic rings. The Labute approximate surface area is 122 Å². The lowest BCUT2D eigenvalue weighted by Gasteiger charge is -2.13. The van der Waals surface area contributed by atoms with E-state index >= 15 is 0 Å². The molecule has 0 radical (unpaired) electrons. The standard InChI is InChI=1S/C12H9ClF3NO2S/c1-19-11(18)4-7-2-9(6-17)8(5-13)3-10(7)20-12(14,15)16/h2-3H,4-5H2,1H3. The lowest BCUT2D eigenvalue weighted by molar-refractivity contribution is -0.139. The summed E-state index contributed by atoms with van der Waals surface area (Å²) in [5.41, 5.74) is -3.98. The fraction of sp³-hybridized carbons (Fsp3) is 0.333. The molecule has 1 aromatic carbocycles. The van der Waals surface area contributed by atoms with Crippen LogP contribution in [0.1, 0.15) is 16.7 Å². The van der Waals surface area contributed by atoms with Gasteiger partial charge in [0, 0.05) is 10.8 Å². The number of hydrogen-bond acceptors (Lipinski definition) is 4. The van der Waals surface area contributed by atoms with Crippen molar-refractivity contribution in [2.75, 3.05) is 7.11 Å². The van der Waals surface area contributed by atoms with Gasteiger partial charge in [-0.2, -0.15) is 18.4 Å². The highest BCUT2D eigenvalue weighted by molar-refractivity contribution is 8.00. The maximum absolute atomic E-state index is 12.5. The number of thioether (sulfide) groups is 1. The zero-order valence-corrected chi connectivity index (χ0v) is 11.8. The predicted octanol–water partition coefficient (Wildman–Crippen LogP) is 3.62. The van der Waals surface area contributed by atoms with Crippen LogP contribution >= 0.6 is 23.4 Å². The van der Waals surface area contributed by atoms with Gasteiger partial charge in [0.2, 0.25) is 0 Å². The van der Waals surface area contributed by atoms with E-state index in [1.54, 1.807) is 0 Å². The van der Waals surface area contributed by atoms with Gasteiger partial charge in [-0.25, -0.2) is 0 Å². The van der Waals surface area contributed by atoms with E-state index < -0.39 is 11.5 Å². The summed E-state index contributed by atoms with van der Waals surface area (Å²) >= 11 is 5.26. The molecule has 0 atom stereocenters. The fourth-order valence-electron chi connectivity index (χ4n) is 1.47. The number of esters is 1. The normalized spacial score (nSPS) is 11.0. The maximum atomic E-state index is 12.5. The van der Waals surface area contributed by atoms with Gasteiger partial charge >= 0.3 is 11.5 Å². The Balaban J connectivity index is 3.29. The summed E-state index contributed by atoms with van der Waals surface area (Å²) in [5, 5.41) is 8.93. The van der Waals surface area contributed by atoms with Crippen LogP contribution in [0.2, 0.25) is 0 Å². The smallest absolute Gasteiger partial charge is 0.446 e. The van der Waals surface area contributed by atoms with Gasteiger partial charge in [-0.3, -0.25) is 4.79 Å². The van der Waals surface area contributed by atoms with Crippen LogP contribution in [-0.2, 0) is 21.8 Å². The maximum Gasteiger partial charge on any atom is 0.446 e. The number of nitrogens with zero attached hydrogens (tertiary/aromatic N) is 1. The SMILES string of the molecule is COC(=O)Cc1cc(C#N)c(CCl)cc1SC(F)(F)F. The first-order valence-electron chi connectivity index (χ1n) is 5.25. The topological polar surface area (TPSA) is 50.1 Å². The zero-order chi connectivity index (χ0) is 15.3. The molecule has 1 aromatic rings. The largest absolute Gasteiger partial charge is 0.469 e. The zero-order valence-electron chi connectivity index (χ0n) is 10.3. The Morgan fingerprint density at radius 1 is 1.45 bits per heavy atom. The molecule has 0 spiro atoms. The number of methoxy groups -OCH3 is 1. The number of benzene rings is 1. The summed E-state index contributed by atoms with van der Waals surface area (Å²) in [6.07, 6.45) is -0.341. The Morgan fingerprint density at radius 3 is 2.55 bits per heavy atom. The molecule has 0 aromatic heterocycles. The van der Waals surface area contributed by atoms with E-state index in [2.05, 4.69) is 4.74 Å². The van der Waals surface area contributed by atoms with Crippen LogP contribution in [-0.4, -0.2) is 18.6 Å². The second-order valence-corrected chi connectivity index (χ2v) is 5.04. The van der Waals surface area contributed by atoms with Gasteiger partial charge in [0.05, 0.1) is 25.2 Å². The predicted molar refractivity (Wildman–Crippen MR) is 68.3 cm³/mol. The highest BCUT2D eigenvalue weighted by atomic mass is 35.5. The molecule has 0 saturated carbocycles. The van der Waals surface area contributed by atoms with Crippen LogP contribution in [0.3, 0.4) is 0 Å². The summed E-state index contributed by atoms with van der Waals surface area (Å²) in [7, 11) is 1.14. The van der Waals surface area contributed by atoms with Gasteiger partial charge in [0.25, 0.3) is 0 Å². The molecule has 0 saturated heterocycles. The molecule has 1 rings (SSSR count). The molecular weight excluding hydrogens is 315 g/mol. The number of rotatable bonds is 4. The number of alkyl halides is 4. The van der Waals surface area contributed by atoms with Gasteiger partial charge in [-0.15, -0.1) is 11.6 Å². The molecule has 0 N–H and O–H groups in total. The minimum Gasteiger partial charge on any atom is -0.469 e. The molecule has 0 fully saturated rings. The minimum atomic E-state index is -4.50. The van der Waals surface area contributed by atoms with Crippen LogP contribution in [0, 0.1) is 11.3 Å². The monoisotopic (exact) mass is 323 g/mol. The van der Waals surface area contributed by atoms with Crippen LogP contribution in [0.25, 0.3) is 0 Å². The van der Waals surface area contributed by atoms with Crippen molar-refractivity contribution in [2.24, 2.45) is 0 Å². The second kappa shape index (κ2) is 6.86. The molecule has 0 bridgehead atoms. The Hall–Kier alpha value is -1.39. The summed E-state index contributed by atoms with van der Waals surface area (Å²) in [6.45, 7) is 0. The van der Waals surface area contributed by atoms with Crippen molar-refractivity contribution in [3.05, 3.63) is 28.8 Å². The van der Waals surface area contributed by atoms with Crippen LogP contribution < -0.4 is 0 Å². The van der Waals surface area contributed by atoms with E-state index in [-0.39, 0.29) is 45.6 Å². The lowest BCUT2D eigenvalue weighted by atomic mass is 10.0. The van der Waals surface area contributed by atoms with Crippen molar-refractivity contribution in [2.45, 2.75) is 22.7 Å². The Kier molecular flexibility index (Phi) is 5.72. The lowest BCUT2D eigenvalue weighted by Crippen LogP contribution is -2.08. The van der Waals surface area contributed by atoms with Crippen LogP contribution in [0.15, 0.2) is 17.0 Å². The van der Waals surface area contributed by atoms with E-state index in [4.69, 9.17) is 16.9 Å². The molecule has 0 heterocycles. The van der Waals surface area contributed by atoms with Crippen molar-refractivity contribution in [3.63, 3.8) is 0 Å². The van der Waals surface area contributed by atoms with Crippen LogP contribution in [0.4, 0.5) is 13.2 Å². The number of halogens is 4. The fourth-order valence-corrected chi connectivity index (χ4v) is 2.40. The third-order valence-electron chi connectivity index (χ3n) is 2.34. The molecule has 3 nitrogen and oxygen atoms in total. The molecule has 0 amide bonds. The minimum absolute atomic E-state index is 0.0876. The van der Waals surface area contributed by atoms with Gasteiger partial charge in [0.15, 0.2) is 0 Å².